The van der Waals surface area contributed by atoms with E-state index in [1.807, 2.05) is 48.2 Å². The third-order valence-corrected chi connectivity index (χ3v) is 6.48. The molecule has 7 nitrogen and oxygen atoms in total. The van der Waals surface area contributed by atoms with Gasteiger partial charge in [-0.05, 0) is 35.6 Å². The normalized spacial score (nSPS) is 14.0. The van der Waals surface area contributed by atoms with E-state index < -0.39 is 10.0 Å². The van der Waals surface area contributed by atoms with Gasteiger partial charge in [0.15, 0.2) is 0 Å². The van der Waals surface area contributed by atoms with Gasteiger partial charge in [0.1, 0.15) is 6.54 Å². The SMILES string of the molecule is CCc1ccccc1N(CC(=O)NCc1cccc(CN2CCCC2=O)c1)S(C)(=O)=O. The van der Waals surface area contributed by atoms with Crippen molar-refractivity contribution in [2.24, 2.45) is 0 Å². The van der Waals surface area contributed by atoms with Crippen LogP contribution in [0.15, 0.2) is 48.5 Å². The lowest BCUT2D eigenvalue weighted by molar-refractivity contribution is -0.128. The minimum Gasteiger partial charge on any atom is -0.350 e. The van der Waals surface area contributed by atoms with Gasteiger partial charge in [0.25, 0.3) is 0 Å². The molecule has 1 saturated heterocycles. The average molecular weight is 444 g/mol. The largest absolute Gasteiger partial charge is 0.350 e. The van der Waals surface area contributed by atoms with Crippen molar-refractivity contribution in [3.05, 3.63) is 65.2 Å². The number of aryl methyl sites for hydroxylation is 1. The summed E-state index contributed by atoms with van der Waals surface area (Å²) in [6.45, 7) is 3.30. The van der Waals surface area contributed by atoms with E-state index in [9.17, 15) is 18.0 Å². The fourth-order valence-electron chi connectivity index (χ4n) is 3.75. The van der Waals surface area contributed by atoms with Crippen LogP contribution in [-0.2, 0) is 39.1 Å². The molecule has 1 aliphatic heterocycles. The number of amides is 2. The highest BCUT2D eigenvalue weighted by atomic mass is 32.2. The Morgan fingerprint density at radius 2 is 1.87 bits per heavy atom. The number of carbonyl (C=O) groups excluding carboxylic acids is 2. The lowest BCUT2D eigenvalue weighted by atomic mass is 10.1. The summed E-state index contributed by atoms with van der Waals surface area (Å²) >= 11 is 0. The Bertz CT molecular complexity index is 1050. The molecule has 0 spiro atoms. The zero-order valence-electron chi connectivity index (χ0n) is 18.0. The fraction of sp³-hybridized carbons (Fsp3) is 0.391. The number of para-hydroxylation sites is 1. The predicted octanol–water partition coefficient (Wildman–Crippen LogP) is 2.45. The molecule has 2 amide bonds. The Balaban J connectivity index is 1.64. The van der Waals surface area contributed by atoms with E-state index in [0.717, 1.165) is 40.2 Å². The second-order valence-electron chi connectivity index (χ2n) is 7.77. The number of rotatable bonds is 9. The monoisotopic (exact) mass is 443 g/mol. The predicted molar refractivity (Wildman–Crippen MR) is 121 cm³/mol. The van der Waals surface area contributed by atoms with Gasteiger partial charge in [0.2, 0.25) is 21.8 Å². The van der Waals surface area contributed by atoms with Crippen LogP contribution in [0.2, 0.25) is 0 Å². The van der Waals surface area contributed by atoms with Crippen LogP contribution in [0.4, 0.5) is 5.69 Å². The second kappa shape index (κ2) is 9.96. The van der Waals surface area contributed by atoms with Gasteiger partial charge in [-0.15, -0.1) is 0 Å². The van der Waals surface area contributed by atoms with Gasteiger partial charge >= 0.3 is 0 Å². The molecule has 1 heterocycles. The molecule has 1 fully saturated rings. The van der Waals surface area contributed by atoms with Crippen molar-refractivity contribution >= 4 is 27.5 Å². The van der Waals surface area contributed by atoms with Crippen molar-refractivity contribution in [1.82, 2.24) is 10.2 Å². The second-order valence-corrected chi connectivity index (χ2v) is 9.67. The van der Waals surface area contributed by atoms with Gasteiger partial charge in [-0.2, -0.15) is 0 Å². The maximum atomic E-state index is 12.6. The number of benzene rings is 2. The Hall–Kier alpha value is -2.87. The Kier molecular flexibility index (Phi) is 7.33. The molecule has 31 heavy (non-hydrogen) atoms. The first-order valence-electron chi connectivity index (χ1n) is 10.5. The smallest absolute Gasteiger partial charge is 0.241 e. The van der Waals surface area contributed by atoms with Crippen molar-refractivity contribution < 1.29 is 18.0 Å². The molecule has 0 atom stereocenters. The quantitative estimate of drug-likeness (QED) is 0.645. The van der Waals surface area contributed by atoms with Gasteiger partial charge in [0, 0.05) is 26.1 Å². The van der Waals surface area contributed by atoms with Crippen molar-refractivity contribution in [2.45, 2.75) is 39.3 Å². The van der Waals surface area contributed by atoms with Crippen LogP contribution in [0.5, 0.6) is 0 Å². The number of likely N-dealkylation sites (tertiary alicyclic amines) is 1. The number of carbonyl (C=O) groups is 2. The van der Waals surface area contributed by atoms with Crippen LogP contribution in [0, 0.1) is 0 Å². The Morgan fingerprint density at radius 1 is 1.13 bits per heavy atom. The molecule has 2 aromatic rings. The van der Waals surface area contributed by atoms with Gasteiger partial charge in [-0.25, -0.2) is 8.42 Å². The standard InChI is InChI=1S/C23H29N3O4S/c1-3-20-10-4-5-11-21(20)26(31(2,29)30)17-22(27)24-15-18-8-6-9-19(14-18)16-25-13-7-12-23(25)28/h4-6,8-11,14H,3,7,12-13,15-17H2,1-2H3,(H,24,27). The first kappa shape index (κ1) is 22.8. The molecule has 1 N–H and O–H groups in total. The van der Waals surface area contributed by atoms with Crippen molar-refractivity contribution in [1.29, 1.82) is 0 Å². The fourth-order valence-corrected chi connectivity index (χ4v) is 4.64. The summed E-state index contributed by atoms with van der Waals surface area (Å²) in [5.74, 6) is -0.205. The topological polar surface area (TPSA) is 86.8 Å². The summed E-state index contributed by atoms with van der Waals surface area (Å²) in [5.41, 5.74) is 3.30. The van der Waals surface area contributed by atoms with E-state index in [1.165, 1.54) is 0 Å². The van der Waals surface area contributed by atoms with Crippen LogP contribution in [-0.4, -0.2) is 44.5 Å². The molecular weight excluding hydrogens is 414 g/mol. The average Bonchev–Trinajstić information content (AvgIpc) is 3.14. The molecular formula is C23H29N3O4S. The molecule has 0 aliphatic carbocycles. The van der Waals surface area contributed by atoms with Crippen LogP contribution in [0.25, 0.3) is 0 Å². The van der Waals surface area contributed by atoms with Gasteiger partial charge in [0.05, 0.1) is 11.9 Å². The number of nitrogens with zero attached hydrogens (tertiary/aromatic N) is 2. The minimum atomic E-state index is -3.62. The molecule has 3 rings (SSSR count). The molecule has 8 heteroatoms. The first-order chi connectivity index (χ1) is 14.8. The first-order valence-corrected chi connectivity index (χ1v) is 12.3. The number of hydrogen-bond acceptors (Lipinski definition) is 4. The van der Waals surface area contributed by atoms with Crippen LogP contribution >= 0.6 is 0 Å². The zero-order valence-corrected chi connectivity index (χ0v) is 18.8. The molecule has 166 valence electrons. The van der Waals surface area contributed by atoms with E-state index in [2.05, 4.69) is 5.32 Å². The summed E-state index contributed by atoms with van der Waals surface area (Å²) in [6, 6.07) is 14.9. The van der Waals surface area contributed by atoms with E-state index in [1.54, 1.807) is 12.1 Å². The molecule has 0 unspecified atom stereocenters. The van der Waals surface area contributed by atoms with Crippen LogP contribution in [0.1, 0.15) is 36.5 Å². The van der Waals surface area contributed by atoms with E-state index in [4.69, 9.17) is 0 Å². The molecule has 0 bridgehead atoms. The van der Waals surface area contributed by atoms with Gasteiger partial charge in [-0.3, -0.25) is 13.9 Å². The zero-order chi connectivity index (χ0) is 22.4. The minimum absolute atomic E-state index is 0.173. The highest BCUT2D eigenvalue weighted by Crippen LogP contribution is 2.23. The van der Waals surface area contributed by atoms with Crippen molar-refractivity contribution in [3.63, 3.8) is 0 Å². The molecule has 1 aliphatic rings. The summed E-state index contributed by atoms with van der Waals surface area (Å²) < 4.78 is 25.9. The highest BCUT2D eigenvalue weighted by molar-refractivity contribution is 7.92. The number of anilines is 1. The third-order valence-electron chi connectivity index (χ3n) is 5.35. The lowest BCUT2D eigenvalue weighted by Gasteiger charge is -2.24. The van der Waals surface area contributed by atoms with E-state index in [-0.39, 0.29) is 24.9 Å². The summed E-state index contributed by atoms with van der Waals surface area (Å²) in [4.78, 5) is 26.3. The summed E-state index contributed by atoms with van der Waals surface area (Å²) in [5, 5.41) is 2.81. The van der Waals surface area contributed by atoms with Crippen molar-refractivity contribution in [2.75, 3.05) is 23.7 Å². The Morgan fingerprint density at radius 3 is 2.55 bits per heavy atom. The van der Waals surface area contributed by atoms with Gasteiger partial charge < -0.3 is 10.2 Å². The molecule has 0 radical (unpaired) electrons. The molecule has 0 saturated carbocycles. The van der Waals surface area contributed by atoms with E-state index >= 15 is 0 Å². The number of nitrogens with one attached hydrogen (secondary N) is 1. The molecule has 2 aromatic carbocycles. The number of hydrogen-bond donors (Lipinski definition) is 1. The van der Waals surface area contributed by atoms with Crippen molar-refractivity contribution in [3.8, 4) is 0 Å². The highest BCUT2D eigenvalue weighted by Gasteiger charge is 2.23. The molecule has 0 aromatic heterocycles. The van der Waals surface area contributed by atoms with Gasteiger partial charge in [-0.1, -0.05) is 49.4 Å². The van der Waals surface area contributed by atoms with E-state index in [0.29, 0.717) is 25.1 Å². The van der Waals surface area contributed by atoms with Crippen LogP contribution < -0.4 is 9.62 Å². The summed E-state index contributed by atoms with van der Waals surface area (Å²) in [7, 11) is -3.62. The summed E-state index contributed by atoms with van der Waals surface area (Å²) in [6.07, 6.45) is 3.27. The third kappa shape index (κ3) is 6.07. The maximum Gasteiger partial charge on any atom is 0.241 e. The lowest BCUT2D eigenvalue weighted by Crippen LogP contribution is -2.40. The van der Waals surface area contributed by atoms with Crippen LogP contribution in [0.3, 0.4) is 0 Å². The maximum absolute atomic E-state index is 12.6. The number of sulfonamides is 1. The Labute approximate surface area is 184 Å².